The first-order valence-electron chi connectivity index (χ1n) is 8.71. The van der Waals surface area contributed by atoms with E-state index in [0.717, 1.165) is 17.1 Å². The van der Waals surface area contributed by atoms with Crippen LogP contribution in [-0.2, 0) is 11.2 Å². The maximum atomic E-state index is 13.1. The zero-order chi connectivity index (χ0) is 18.6. The summed E-state index contributed by atoms with van der Waals surface area (Å²) in [5.74, 6) is 0.327. The lowest BCUT2D eigenvalue weighted by Gasteiger charge is -2.24. The van der Waals surface area contributed by atoms with Gasteiger partial charge in [-0.25, -0.2) is 14.4 Å². The number of anilines is 1. The molecule has 1 saturated heterocycles. The number of rotatable bonds is 6. The van der Waals surface area contributed by atoms with E-state index in [1.54, 1.807) is 12.1 Å². The summed E-state index contributed by atoms with van der Waals surface area (Å²) in [6.07, 6.45) is 2.79. The molecule has 1 aliphatic heterocycles. The van der Waals surface area contributed by atoms with Gasteiger partial charge in [-0.1, -0.05) is 12.1 Å². The van der Waals surface area contributed by atoms with Gasteiger partial charge in [0, 0.05) is 37.8 Å². The molecule has 1 aromatic heterocycles. The maximum Gasteiger partial charge on any atom is 0.220 e. The summed E-state index contributed by atoms with van der Waals surface area (Å²) in [6, 6.07) is 8.11. The Hall–Kier alpha value is -2.54. The Morgan fingerprint density at radius 2 is 2.23 bits per heavy atom. The Bertz CT molecular complexity index is 786. The number of amides is 1. The van der Waals surface area contributed by atoms with Crippen LogP contribution in [0.15, 0.2) is 36.7 Å². The van der Waals surface area contributed by atoms with Crippen molar-refractivity contribution in [3.8, 4) is 0 Å². The highest BCUT2D eigenvalue weighted by Crippen LogP contribution is 2.25. The zero-order valence-corrected chi connectivity index (χ0v) is 14.8. The lowest BCUT2D eigenvalue weighted by molar-refractivity contribution is -0.122. The zero-order valence-electron chi connectivity index (χ0n) is 14.8. The standard InChI is InChI=1S/C19H23FN4O2/c1-14-9-17(23-13-22-14)24-8-7-19(26,12-24)11-21-18(25)6-5-15-3-2-4-16(20)10-15/h2-4,9-10,13,26H,5-8,11-12H2,1H3,(H,21,25)/t19-/m0/s1. The second-order valence-electron chi connectivity index (χ2n) is 6.82. The highest BCUT2D eigenvalue weighted by molar-refractivity contribution is 5.76. The summed E-state index contributed by atoms with van der Waals surface area (Å²) in [7, 11) is 0. The molecule has 26 heavy (non-hydrogen) atoms. The minimum absolute atomic E-state index is 0.154. The normalized spacial score (nSPS) is 19.6. The molecule has 1 amide bonds. The molecule has 1 atom stereocenters. The Labute approximate surface area is 152 Å². The molecule has 0 aliphatic carbocycles. The number of halogens is 1. The fourth-order valence-electron chi connectivity index (χ4n) is 3.11. The second kappa shape index (κ2) is 7.78. The van der Waals surface area contributed by atoms with Crippen LogP contribution in [0.2, 0.25) is 0 Å². The first kappa shape index (κ1) is 18.3. The maximum absolute atomic E-state index is 13.1. The van der Waals surface area contributed by atoms with E-state index in [9.17, 15) is 14.3 Å². The van der Waals surface area contributed by atoms with E-state index in [4.69, 9.17) is 0 Å². The third-order valence-corrected chi connectivity index (χ3v) is 4.59. The SMILES string of the molecule is Cc1cc(N2CC[C@](O)(CNC(=O)CCc3cccc(F)c3)C2)ncn1. The van der Waals surface area contributed by atoms with Gasteiger partial charge >= 0.3 is 0 Å². The van der Waals surface area contributed by atoms with Crippen molar-refractivity contribution in [2.45, 2.75) is 31.8 Å². The molecule has 6 nitrogen and oxygen atoms in total. The Kier molecular flexibility index (Phi) is 5.46. The van der Waals surface area contributed by atoms with Crippen LogP contribution in [0.3, 0.4) is 0 Å². The largest absolute Gasteiger partial charge is 0.386 e. The Morgan fingerprint density at radius 1 is 1.38 bits per heavy atom. The molecule has 0 unspecified atom stereocenters. The van der Waals surface area contributed by atoms with Crippen molar-refractivity contribution in [1.29, 1.82) is 0 Å². The molecule has 1 fully saturated rings. The smallest absolute Gasteiger partial charge is 0.220 e. The molecule has 2 aromatic rings. The molecule has 0 radical (unpaired) electrons. The number of hydrogen-bond donors (Lipinski definition) is 2. The Balaban J connectivity index is 1.47. The third kappa shape index (κ3) is 4.76. The number of hydrogen-bond acceptors (Lipinski definition) is 5. The van der Waals surface area contributed by atoms with Crippen LogP contribution in [0.5, 0.6) is 0 Å². The van der Waals surface area contributed by atoms with Crippen molar-refractivity contribution in [3.05, 3.63) is 53.7 Å². The van der Waals surface area contributed by atoms with E-state index in [1.807, 2.05) is 17.9 Å². The van der Waals surface area contributed by atoms with Gasteiger partial charge < -0.3 is 15.3 Å². The van der Waals surface area contributed by atoms with E-state index in [2.05, 4.69) is 15.3 Å². The Morgan fingerprint density at radius 3 is 3.00 bits per heavy atom. The van der Waals surface area contributed by atoms with Crippen molar-refractivity contribution in [2.24, 2.45) is 0 Å². The number of aryl methyl sites for hydroxylation is 2. The van der Waals surface area contributed by atoms with Crippen LogP contribution in [0.25, 0.3) is 0 Å². The highest BCUT2D eigenvalue weighted by atomic mass is 19.1. The quantitative estimate of drug-likeness (QED) is 0.820. The molecule has 2 heterocycles. The molecule has 0 bridgehead atoms. The van der Waals surface area contributed by atoms with Gasteiger partial charge in [-0.15, -0.1) is 0 Å². The van der Waals surface area contributed by atoms with E-state index in [-0.39, 0.29) is 24.7 Å². The van der Waals surface area contributed by atoms with Crippen molar-refractivity contribution < 1.29 is 14.3 Å². The van der Waals surface area contributed by atoms with E-state index in [0.29, 0.717) is 25.9 Å². The number of β-amino-alcohol motifs (C(OH)–C–C–N with tert-alkyl or cyclic N) is 1. The van der Waals surface area contributed by atoms with E-state index < -0.39 is 5.60 Å². The van der Waals surface area contributed by atoms with E-state index in [1.165, 1.54) is 18.5 Å². The van der Waals surface area contributed by atoms with Gasteiger partial charge in [0.25, 0.3) is 0 Å². The number of aromatic nitrogens is 2. The summed E-state index contributed by atoms with van der Waals surface area (Å²) in [5, 5.41) is 13.5. The number of nitrogens with one attached hydrogen (secondary N) is 1. The van der Waals surface area contributed by atoms with Gasteiger partial charge in [0.15, 0.2) is 0 Å². The van der Waals surface area contributed by atoms with Gasteiger partial charge in [-0.3, -0.25) is 4.79 Å². The summed E-state index contributed by atoms with van der Waals surface area (Å²) in [5.41, 5.74) is 0.675. The minimum atomic E-state index is -0.979. The monoisotopic (exact) mass is 358 g/mol. The molecular weight excluding hydrogens is 335 g/mol. The predicted molar refractivity (Wildman–Crippen MR) is 96.3 cm³/mol. The van der Waals surface area contributed by atoms with Crippen LogP contribution in [0.1, 0.15) is 24.1 Å². The van der Waals surface area contributed by atoms with Crippen molar-refractivity contribution in [2.75, 3.05) is 24.5 Å². The fourth-order valence-corrected chi connectivity index (χ4v) is 3.11. The first-order chi connectivity index (χ1) is 12.4. The predicted octanol–water partition coefficient (Wildman–Crippen LogP) is 1.61. The molecule has 7 heteroatoms. The topological polar surface area (TPSA) is 78.4 Å². The van der Waals surface area contributed by atoms with Gasteiger partial charge in [0.1, 0.15) is 23.6 Å². The molecule has 138 valence electrons. The summed E-state index contributed by atoms with van der Waals surface area (Å²) >= 11 is 0. The molecule has 0 spiro atoms. The number of benzene rings is 1. The van der Waals surface area contributed by atoms with Gasteiger partial charge in [-0.2, -0.15) is 0 Å². The molecule has 3 rings (SSSR count). The lowest BCUT2D eigenvalue weighted by Crippen LogP contribution is -2.45. The lowest BCUT2D eigenvalue weighted by atomic mass is 10.0. The number of carbonyl (C=O) groups is 1. The summed E-state index contributed by atoms with van der Waals surface area (Å²) in [6.45, 7) is 3.17. The van der Waals surface area contributed by atoms with Crippen LogP contribution in [0, 0.1) is 12.7 Å². The van der Waals surface area contributed by atoms with Crippen LogP contribution >= 0.6 is 0 Å². The molecule has 1 aromatic carbocycles. The van der Waals surface area contributed by atoms with Crippen molar-refractivity contribution in [1.82, 2.24) is 15.3 Å². The molecule has 0 saturated carbocycles. The minimum Gasteiger partial charge on any atom is -0.386 e. The molecular formula is C19H23FN4O2. The average Bonchev–Trinajstić information content (AvgIpc) is 3.01. The molecule has 1 aliphatic rings. The molecule has 2 N–H and O–H groups in total. The van der Waals surface area contributed by atoms with Crippen molar-refractivity contribution >= 4 is 11.7 Å². The van der Waals surface area contributed by atoms with Gasteiger partial charge in [0.2, 0.25) is 5.91 Å². The average molecular weight is 358 g/mol. The number of carbonyl (C=O) groups excluding carboxylic acids is 1. The second-order valence-corrected chi connectivity index (χ2v) is 6.82. The van der Waals surface area contributed by atoms with Crippen molar-refractivity contribution in [3.63, 3.8) is 0 Å². The van der Waals surface area contributed by atoms with E-state index >= 15 is 0 Å². The fraction of sp³-hybridized carbons (Fsp3) is 0.421. The number of nitrogens with zero attached hydrogens (tertiary/aromatic N) is 3. The van der Waals surface area contributed by atoms with Gasteiger partial charge in [0.05, 0.1) is 0 Å². The highest BCUT2D eigenvalue weighted by Gasteiger charge is 2.36. The third-order valence-electron chi connectivity index (χ3n) is 4.59. The summed E-state index contributed by atoms with van der Waals surface area (Å²) < 4.78 is 13.1. The summed E-state index contributed by atoms with van der Waals surface area (Å²) in [4.78, 5) is 22.4. The van der Waals surface area contributed by atoms with Gasteiger partial charge in [-0.05, 0) is 37.5 Å². The first-order valence-corrected chi connectivity index (χ1v) is 8.71. The van der Waals surface area contributed by atoms with Crippen LogP contribution in [0.4, 0.5) is 10.2 Å². The van der Waals surface area contributed by atoms with Crippen LogP contribution < -0.4 is 10.2 Å². The number of aliphatic hydroxyl groups is 1. The van der Waals surface area contributed by atoms with Crippen LogP contribution in [-0.4, -0.2) is 46.2 Å².